The highest BCUT2D eigenvalue weighted by atomic mass is 19.1. The van der Waals surface area contributed by atoms with Gasteiger partial charge in [0.05, 0.1) is 5.52 Å². The maximum atomic E-state index is 13.7. The van der Waals surface area contributed by atoms with E-state index in [2.05, 4.69) is 17.1 Å². The molecule has 0 amide bonds. The molecule has 2 nitrogen and oxygen atoms in total. The first-order valence-electron chi connectivity index (χ1n) is 7.78. The molecular weight excluding hydrogens is 289 g/mol. The van der Waals surface area contributed by atoms with E-state index in [0.717, 1.165) is 33.2 Å². The Bertz CT molecular complexity index is 873. The van der Waals surface area contributed by atoms with E-state index < -0.39 is 0 Å². The maximum Gasteiger partial charge on any atom is 0.126 e. The van der Waals surface area contributed by atoms with Gasteiger partial charge in [0, 0.05) is 24.1 Å². The smallest absolute Gasteiger partial charge is 0.126 e. The van der Waals surface area contributed by atoms with Crippen molar-refractivity contribution in [2.45, 2.75) is 26.7 Å². The van der Waals surface area contributed by atoms with E-state index >= 15 is 0 Å². The summed E-state index contributed by atoms with van der Waals surface area (Å²) in [6.07, 6.45) is 1.83. The van der Waals surface area contributed by atoms with Crippen LogP contribution in [0.2, 0.25) is 0 Å². The monoisotopic (exact) mass is 309 g/mol. The third-order valence-electron chi connectivity index (χ3n) is 4.31. The lowest BCUT2D eigenvalue weighted by Crippen LogP contribution is -2.03. The quantitative estimate of drug-likeness (QED) is 0.757. The van der Waals surface area contributed by atoms with Gasteiger partial charge < -0.3 is 5.11 Å². The molecule has 3 aromatic rings. The van der Waals surface area contributed by atoms with Crippen molar-refractivity contribution in [3.63, 3.8) is 0 Å². The summed E-state index contributed by atoms with van der Waals surface area (Å²) < 4.78 is 13.7. The molecule has 1 unspecified atom stereocenters. The Balaban J connectivity index is 2.35. The van der Waals surface area contributed by atoms with Crippen LogP contribution in [0, 0.1) is 19.7 Å². The first-order valence-corrected chi connectivity index (χ1v) is 7.78. The van der Waals surface area contributed by atoms with Crippen molar-refractivity contribution >= 4 is 10.9 Å². The van der Waals surface area contributed by atoms with Gasteiger partial charge in [-0.3, -0.25) is 4.98 Å². The van der Waals surface area contributed by atoms with E-state index in [0.29, 0.717) is 5.56 Å². The minimum Gasteiger partial charge on any atom is -0.396 e. The Labute approximate surface area is 135 Å². The molecule has 23 heavy (non-hydrogen) atoms. The second kappa shape index (κ2) is 6.09. The number of aliphatic hydroxyl groups excluding tert-OH is 1. The molecule has 118 valence electrons. The molecule has 0 saturated carbocycles. The van der Waals surface area contributed by atoms with E-state index in [4.69, 9.17) is 0 Å². The molecule has 0 spiro atoms. The van der Waals surface area contributed by atoms with Crippen LogP contribution in [0.3, 0.4) is 0 Å². The van der Waals surface area contributed by atoms with Crippen LogP contribution in [0.5, 0.6) is 0 Å². The number of hydrogen-bond acceptors (Lipinski definition) is 2. The molecule has 0 aliphatic rings. The van der Waals surface area contributed by atoms with E-state index in [1.165, 1.54) is 6.07 Å². The number of aromatic nitrogens is 1. The number of aryl methyl sites for hydroxylation is 2. The zero-order valence-corrected chi connectivity index (χ0v) is 13.6. The second-order valence-electron chi connectivity index (χ2n) is 6.16. The molecule has 0 aliphatic heterocycles. The van der Waals surface area contributed by atoms with Gasteiger partial charge in [-0.1, -0.05) is 25.1 Å². The summed E-state index contributed by atoms with van der Waals surface area (Å²) >= 11 is 0. The average Bonchev–Trinajstić information content (AvgIpc) is 2.55. The fraction of sp³-hybridized carbons (Fsp3) is 0.250. The van der Waals surface area contributed by atoms with Gasteiger partial charge in [-0.15, -0.1) is 0 Å². The molecule has 1 atom stereocenters. The van der Waals surface area contributed by atoms with E-state index in [9.17, 15) is 9.50 Å². The van der Waals surface area contributed by atoms with Crippen LogP contribution in [-0.2, 0) is 0 Å². The molecular formula is C20H20FNO. The molecule has 0 radical (unpaired) electrons. The predicted octanol–water partition coefficient (Wildman–Crippen LogP) is 4.75. The van der Waals surface area contributed by atoms with Crippen LogP contribution in [0.1, 0.15) is 29.5 Å². The van der Waals surface area contributed by atoms with Gasteiger partial charge in [-0.25, -0.2) is 4.39 Å². The van der Waals surface area contributed by atoms with Gasteiger partial charge in [0.25, 0.3) is 0 Å². The van der Waals surface area contributed by atoms with Crippen molar-refractivity contribution < 1.29 is 9.50 Å². The highest BCUT2D eigenvalue weighted by Crippen LogP contribution is 2.35. The summed E-state index contributed by atoms with van der Waals surface area (Å²) in [5.74, 6) is -0.242. The fourth-order valence-electron chi connectivity index (χ4n) is 2.91. The molecule has 3 heteroatoms. The normalized spacial score (nSPS) is 12.6. The first-order chi connectivity index (χ1) is 11.0. The molecule has 1 aromatic heterocycles. The van der Waals surface area contributed by atoms with Crippen molar-refractivity contribution in [3.05, 3.63) is 65.1 Å². The summed E-state index contributed by atoms with van der Waals surface area (Å²) in [7, 11) is 0. The van der Waals surface area contributed by atoms with Crippen molar-refractivity contribution in [3.8, 4) is 11.1 Å². The van der Waals surface area contributed by atoms with Crippen molar-refractivity contribution in [2.24, 2.45) is 0 Å². The zero-order valence-electron chi connectivity index (χ0n) is 13.6. The van der Waals surface area contributed by atoms with Crippen LogP contribution >= 0.6 is 0 Å². The Morgan fingerprint density at radius 1 is 1.13 bits per heavy atom. The summed E-state index contributed by atoms with van der Waals surface area (Å²) in [6, 6.07) is 11.3. The van der Waals surface area contributed by atoms with Crippen LogP contribution < -0.4 is 0 Å². The van der Waals surface area contributed by atoms with Gasteiger partial charge in [0.1, 0.15) is 5.82 Å². The number of halogens is 1. The van der Waals surface area contributed by atoms with Gasteiger partial charge in [0.15, 0.2) is 0 Å². The van der Waals surface area contributed by atoms with E-state index in [-0.39, 0.29) is 18.3 Å². The minimum atomic E-state index is -0.209. The number of hydrogen-bond donors (Lipinski definition) is 1. The summed E-state index contributed by atoms with van der Waals surface area (Å²) in [5, 5.41) is 10.6. The van der Waals surface area contributed by atoms with Crippen LogP contribution in [-0.4, -0.2) is 16.7 Å². The molecule has 1 N–H and O–H groups in total. The first kappa shape index (κ1) is 15.6. The Hall–Kier alpha value is -2.26. The van der Waals surface area contributed by atoms with Gasteiger partial charge in [-0.2, -0.15) is 0 Å². The topological polar surface area (TPSA) is 33.1 Å². The third-order valence-corrected chi connectivity index (χ3v) is 4.31. The lowest BCUT2D eigenvalue weighted by molar-refractivity contribution is 0.273. The largest absolute Gasteiger partial charge is 0.396 e. The molecule has 0 bridgehead atoms. The SMILES string of the molecule is Cc1ccc2c(-c3ccc(F)c(C)c3)c(C(C)CO)cnc2c1. The van der Waals surface area contributed by atoms with Crippen LogP contribution in [0.25, 0.3) is 22.0 Å². The number of fused-ring (bicyclic) bond motifs is 1. The van der Waals surface area contributed by atoms with Gasteiger partial charge in [-0.05, 0) is 59.9 Å². The lowest BCUT2D eigenvalue weighted by Gasteiger charge is -2.17. The Morgan fingerprint density at radius 3 is 2.61 bits per heavy atom. The highest BCUT2D eigenvalue weighted by molar-refractivity contribution is 5.96. The van der Waals surface area contributed by atoms with Gasteiger partial charge in [0.2, 0.25) is 0 Å². The molecule has 1 heterocycles. The van der Waals surface area contributed by atoms with Crippen LogP contribution in [0.15, 0.2) is 42.6 Å². The van der Waals surface area contributed by atoms with E-state index in [1.54, 1.807) is 13.0 Å². The molecule has 0 saturated heterocycles. The zero-order chi connectivity index (χ0) is 16.6. The number of nitrogens with zero attached hydrogens (tertiary/aromatic N) is 1. The second-order valence-corrected chi connectivity index (χ2v) is 6.16. The van der Waals surface area contributed by atoms with Crippen molar-refractivity contribution in [2.75, 3.05) is 6.61 Å². The summed E-state index contributed by atoms with van der Waals surface area (Å²) in [5.41, 5.74) is 5.64. The molecule has 0 aliphatic carbocycles. The highest BCUT2D eigenvalue weighted by Gasteiger charge is 2.16. The number of pyridine rings is 1. The number of rotatable bonds is 3. The van der Waals surface area contributed by atoms with Crippen molar-refractivity contribution in [1.82, 2.24) is 4.98 Å². The van der Waals surface area contributed by atoms with E-state index in [1.807, 2.05) is 32.2 Å². The number of aliphatic hydroxyl groups is 1. The molecule has 0 fully saturated rings. The Kier molecular flexibility index (Phi) is 4.14. The standard InChI is InChI=1S/C20H20FNO/c1-12-4-6-16-19(8-12)22-10-17(14(3)11-23)20(16)15-5-7-18(21)13(2)9-15/h4-10,14,23H,11H2,1-3H3. The van der Waals surface area contributed by atoms with Gasteiger partial charge >= 0.3 is 0 Å². The minimum absolute atomic E-state index is 0.0337. The summed E-state index contributed by atoms with van der Waals surface area (Å²) in [6.45, 7) is 5.82. The lowest BCUT2D eigenvalue weighted by atomic mass is 9.89. The molecule has 2 aromatic carbocycles. The van der Waals surface area contributed by atoms with Crippen molar-refractivity contribution in [1.29, 1.82) is 0 Å². The van der Waals surface area contributed by atoms with Crippen LogP contribution in [0.4, 0.5) is 4.39 Å². The Morgan fingerprint density at radius 2 is 1.91 bits per heavy atom. The maximum absolute atomic E-state index is 13.7. The summed E-state index contributed by atoms with van der Waals surface area (Å²) in [4.78, 5) is 4.55. The third kappa shape index (κ3) is 2.84. The fourth-order valence-corrected chi connectivity index (χ4v) is 2.91. The molecule has 3 rings (SSSR count). The average molecular weight is 309 g/mol. The number of benzene rings is 2. The predicted molar refractivity (Wildman–Crippen MR) is 92.1 cm³/mol.